The molecule has 0 atom stereocenters. The fraction of sp³-hybridized carbons (Fsp3) is 0.111. The average Bonchev–Trinajstić information content (AvgIpc) is 2.57. The molecule has 2 rings (SSSR count). The molecular formula is C9H8ClN3O. The molecule has 0 amide bonds. The van der Waals surface area contributed by atoms with E-state index in [0.717, 1.165) is 11.1 Å². The number of hydrogen-bond donors (Lipinski definition) is 1. The van der Waals surface area contributed by atoms with Crippen LogP contribution in [0.2, 0.25) is 5.02 Å². The number of rotatable bonds is 1. The molecular weight excluding hydrogens is 202 g/mol. The topological polar surface area (TPSA) is 64.9 Å². The Kier molecular flexibility index (Phi) is 2.13. The molecule has 5 heteroatoms. The van der Waals surface area contributed by atoms with Crippen LogP contribution in [0.1, 0.15) is 5.56 Å². The summed E-state index contributed by atoms with van der Waals surface area (Å²) in [6, 6.07) is 0. The highest BCUT2D eigenvalue weighted by Crippen LogP contribution is 2.31. The first kappa shape index (κ1) is 9.02. The Morgan fingerprint density at radius 1 is 1.36 bits per heavy atom. The van der Waals surface area contributed by atoms with E-state index in [2.05, 4.69) is 9.97 Å². The Bertz CT molecular complexity index is 467. The number of hydrogen-bond acceptors (Lipinski definition) is 4. The van der Waals surface area contributed by atoms with Gasteiger partial charge in [-0.1, -0.05) is 11.6 Å². The van der Waals surface area contributed by atoms with E-state index in [4.69, 9.17) is 21.8 Å². The van der Waals surface area contributed by atoms with Gasteiger partial charge in [-0.3, -0.25) is 0 Å². The lowest BCUT2D eigenvalue weighted by Gasteiger charge is -2.02. The molecule has 72 valence electrons. The molecule has 0 saturated heterocycles. The maximum Gasteiger partial charge on any atom is 0.146 e. The van der Waals surface area contributed by atoms with Gasteiger partial charge < -0.3 is 10.2 Å². The molecule has 0 radical (unpaired) electrons. The summed E-state index contributed by atoms with van der Waals surface area (Å²) in [5.41, 5.74) is 7.97. The zero-order valence-electron chi connectivity index (χ0n) is 7.49. The fourth-order valence-corrected chi connectivity index (χ4v) is 1.37. The second-order valence-electron chi connectivity index (χ2n) is 2.89. The summed E-state index contributed by atoms with van der Waals surface area (Å²) in [4.78, 5) is 7.84. The Labute approximate surface area is 85.7 Å². The van der Waals surface area contributed by atoms with Crippen LogP contribution in [-0.2, 0) is 0 Å². The Morgan fingerprint density at radius 2 is 2.14 bits per heavy atom. The molecule has 0 saturated carbocycles. The van der Waals surface area contributed by atoms with E-state index in [-0.39, 0.29) is 5.82 Å². The lowest BCUT2D eigenvalue weighted by atomic mass is 10.1. The third-order valence-corrected chi connectivity index (χ3v) is 2.30. The Hall–Kier alpha value is -1.55. The molecule has 0 spiro atoms. The molecule has 0 aromatic carbocycles. The summed E-state index contributed by atoms with van der Waals surface area (Å²) >= 11 is 5.96. The molecule has 0 fully saturated rings. The molecule has 2 N–H and O–H groups in total. The van der Waals surface area contributed by atoms with Gasteiger partial charge in [0.1, 0.15) is 17.2 Å². The van der Waals surface area contributed by atoms with Gasteiger partial charge >= 0.3 is 0 Å². The van der Waals surface area contributed by atoms with Crippen molar-refractivity contribution in [2.75, 3.05) is 5.73 Å². The number of nitrogens with two attached hydrogens (primary N) is 1. The van der Waals surface area contributed by atoms with Gasteiger partial charge in [-0.2, -0.15) is 0 Å². The van der Waals surface area contributed by atoms with Gasteiger partial charge in [0.05, 0.1) is 18.2 Å². The molecule has 0 aliphatic carbocycles. The SMILES string of the molecule is Cc1cocc1-c1ncnc(N)c1Cl. The number of aryl methyl sites for hydroxylation is 1. The van der Waals surface area contributed by atoms with Gasteiger partial charge in [0.15, 0.2) is 0 Å². The first-order valence-electron chi connectivity index (χ1n) is 3.99. The summed E-state index contributed by atoms with van der Waals surface area (Å²) < 4.78 is 5.03. The minimum Gasteiger partial charge on any atom is -0.472 e. The second kappa shape index (κ2) is 3.31. The van der Waals surface area contributed by atoms with Crippen LogP contribution in [0, 0.1) is 6.92 Å². The van der Waals surface area contributed by atoms with E-state index < -0.39 is 0 Å². The van der Waals surface area contributed by atoms with E-state index >= 15 is 0 Å². The van der Waals surface area contributed by atoms with Gasteiger partial charge in [-0.25, -0.2) is 9.97 Å². The predicted molar refractivity (Wildman–Crippen MR) is 53.9 cm³/mol. The van der Waals surface area contributed by atoms with Gasteiger partial charge in [-0.05, 0) is 12.5 Å². The second-order valence-corrected chi connectivity index (χ2v) is 3.27. The molecule has 0 aliphatic rings. The quantitative estimate of drug-likeness (QED) is 0.783. The fourth-order valence-electron chi connectivity index (χ4n) is 1.17. The summed E-state index contributed by atoms with van der Waals surface area (Å²) in [6.45, 7) is 1.91. The van der Waals surface area contributed by atoms with Crippen LogP contribution in [0.15, 0.2) is 23.3 Å². The molecule has 2 heterocycles. The highest BCUT2D eigenvalue weighted by molar-refractivity contribution is 6.35. The Balaban J connectivity index is 2.63. The largest absolute Gasteiger partial charge is 0.472 e. The predicted octanol–water partition coefficient (Wildman–Crippen LogP) is 2.28. The van der Waals surface area contributed by atoms with Crippen molar-refractivity contribution < 1.29 is 4.42 Å². The van der Waals surface area contributed by atoms with E-state index in [0.29, 0.717) is 10.7 Å². The summed E-state index contributed by atoms with van der Waals surface area (Å²) in [5, 5.41) is 0.358. The maximum atomic E-state index is 5.96. The molecule has 14 heavy (non-hydrogen) atoms. The third-order valence-electron chi connectivity index (χ3n) is 1.93. The van der Waals surface area contributed by atoms with Crippen LogP contribution in [0.25, 0.3) is 11.3 Å². The lowest BCUT2D eigenvalue weighted by Crippen LogP contribution is -1.95. The monoisotopic (exact) mass is 209 g/mol. The van der Waals surface area contributed by atoms with E-state index in [1.54, 1.807) is 12.5 Å². The van der Waals surface area contributed by atoms with Crippen molar-refractivity contribution in [1.29, 1.82) is 0 Å². The number of halogens is 1. The van der Waals surface area contributed by atoms with Crippen LogP contribution in [0.5, 0.6) is 0 Å². The number of furan rings is 1. The van der Waals surface area contributed by atoms with Crippen molar-refractivity contribution in [1.82, 2.24) is 9.97 Å². The van der Waals surface area contributed by atoms with Crippen molar-refractivity contribution in [3.8, 4) is 11.3 Å². The molecule has 0 bridgehead atoms. The smallest absolute Gasteiger partial charge is 0.146 e. The van der Waals surface area contributed by atoms with Crippen molar-refractivity contribution >= 4 is 17.4 Å². The van der Waals surface area contributed by atoms with Crippen LogP contribution >= 0.6 is 11.6 Å². The van der Waals surface area contributed by atoms with Crippen LogP contribution in [-0.4, -0.2) is 9.97 Å². The number of nitrogens with zero attached hydrogens (tertiary/aromatic N) is 2. The van der Waals surface area contributed by atoms with Gasteiger partial charge in [-0.15, -0.1) is 0 Å². The number of aromatic nitrogens is 2. The minimum absolute atomic E-state index is 0.275. The molecule has 2 aromatic heterocycles. The van der Waals surface area contributed by atoms with E-state index in [1.807, 2.05) is 6.92 Å². The summed E-state index contributed by atoms with van der Waals surface area (Å²) in [5.74, 6) is 0.275. The van der Waals surface area contributed by atoms with Crippen molar-refractivity contribution in [3.63, 3.8) is 0 Å². The summed E-state index contributed by atoms with van der Waals surface area (Å²) in [7, 11) is 0. The molecule has 0 unspecified atom stereocenters. The normalized spacial score (nSPS) is 10.4. The first-order valence-corrected chi connectivity index (χ1v) is 4.37. The molecule has 2 aromatic rings. The summed E-state index contributed by atoms with van der Waals surface area (Å²) in [6.07, 6.45) is 4.59. The van der Waals surface area contributed by atoms with Crippen molar-refractivity contribution in [3.05, 3.63) is 29.4 Å². The van der Waals surface area contributed by atoms with Crippen molar-refractivity contribution in [2.24, 2.45) is 0 Å². The van der Waals surface area contributed by atoms with Crippen LogP contribution in [0.4, 0.5) is 5.82 Å². The zero-order chi connectivity index (χ0) is 10.1. The lowest BCUT2D eigenvalue weighted by molar-refractivity contribution is 0.566. The standard InChI is InChI=1S/C9H8ClN3O/c1-5-2-14-3-6(5)8-7(10)9(11)13-4-12-8/h2-4H,1H3,(H2,11,12,13). The third kappa shape index (κ3) is 1.33. The average molecular weight is 210 g/mol. The molecule has 4 nitrogen and oxygen atoms in total. The van der Waals surface area contributed by atoms with E-state index in [1.165, 1.54) is 6.33 Å². The highest BCUT2D eigenvalue weighted by atomic mass is 35.5. The van der Waals surface area contributed by atoms with Crippen molar-refractivity contribution in [2.45, 2.75) is 6.92 Å². The minimum atomic E-state index is 0.275. The maximum absolute atomic E-state index is 5.96. The van der Waals surface area contributed by atoms with Gasteiger partial charge in [0, 0.05) is 5.56 Å². The number of anilines is 1. The number of nitrogen functional groups attached to an aromatic ring is 1. The van der Waals surface area contributed by atoms with Crippen LogP contribution in [0.3, 0.4) is 0 Å². The molecule has 0 aliphatic heterocycles. The van der Waals surface area contributed by atoms with Gasteiger partial charge in [0.2, 0.25) is 0 Å². The van der Waals surface area contributed by atoms with Crippen LogP contribution < -0.4 is 5.73 Å². The highest BCUT2D eigenvalue weighted by Gasteiger charge is 2.12. The Morgan fingerprint density at radius 3 is 2.79 bits per heavy atom. The van der Waals surface area contributed by atoms with E-state index in [9.17, 15) is 0 Å². The van der Waals surface area contributed by atoms with Gasteiger partial charge in [0.25, 0.3) is 0 Å². The first-order chi connectivity index (χ1) is 6.70. The zero-order valence-corrected chi connectivity index (χ0v) is 8.25.